The Morgan fingerprint density at radius 3 is 2.82 bits per heavy atom. The van der Waals surface area contributed by atoms with Crippen molar-refractivity contribution in [2.24, 2.45) is 0 Å². The zero-order valence-corrected chi connectivity index (χ0v) is 12.9. The molecule has 1 unspecified atom stereocenters. The molecule has 2 aromatic carbocycles. The van der Waals surface area contributed by atoms with Crippen molar-refractivity contribution < 1.29 is 9.18 Å². The molecule has 1 saturated heterocycles. The van der Waals surface area contributed by atoms with Gasteiger partial charge in [-0.05, 0) is 41.8 Å². The van der Waals surface area contributed by atoms with Crippen LogP contribution in [0.15, 0.2) is 48.5 Å². The van der Waals surface area contributed by atoms with Crippen LogP contribution < -0.4 is 0 Å². The number of rotatable bonds is 3. The molecule has 1 fully saturated rings. The number of halogens is 2. The quantitative estimate of drug-likeness (QED) is 0.836. The summed E-state index contributed by atoms with van der Waals surface area (Å²) in [5.74, 6) is 0.0776. The summed E-state index contributed by atoms with van der Waals surface area (Å²) in [5, 5.41) is 0.724. The number of amides is 1. The first kappa shape index (κ1) is 15.0. The van der Waals surface area contributed by atoms with E-state index in [4.69, 9.17) is 11.6 Å². The highest BCUT2D eigenvalue weighted by Gasteiger charge is 2.27. The van der Waals surface area contributed by atoms with E-state index in [1.807, 2.05) is 23.1 Å². The van der Waals surface area contributed by atoms with Crippen molar-refractivity contribution in [3.8, 4) is 0 Å². The van der Waals surface area contributed by atoms with Crippen molar-refractivity contribution in [3.05, 3.63) is 70.5 Å². The minimum absolute atomic E-state index is 0.0510. The van der Waals surface area contributed by atoms with Crippen LogP contribution in [0.3, 0.4) is 0 Å². The lowest BCUT2D eigenvalue weighted by molar-refractivity contribution is -0.129. The summed E-state index contributed by atoms with van der Waals surface area (Å²) in [6.45, 7) is 1.44. The molecule has 0 bridgehead atoms. The summed E-state index contributed by atoms with van der Waals surface area (Å²) in [4.78, 5) is 14.2. The van der Waals surface area contributed by atoms with E-state index in [0.717, 1.165) is 23.6 Å². The van der Waals surface area contributed by atoms with Crippen molar-refractivity contribution in [3.63, 3.8) is 0 Å². The maximum absolute atomic E-state index is 13.2. The molecule has 2 aromatic rings. The van der Waals surface area contributed by atoms with Gasteiger partial charge < -0.3 is 4.90 Å². The summed E-state index contributed by atoms with van der Waals surface area (Å²) < 4.78 is 13.2. The van der Waals surface area contributed by atoms with Crippen molar-refractivity contribution in [1.82, 2.24) is 4.90 Å². The van der Waals surface area contributed by atoms with Crippen LogP contribution in [-0.4, -0.2) is 23.9 Å². The predicted molar refractivity (Wildman–Crippen MR) is 85.5 cm³/mol. The average Bonchev–Trinajstić information content (AvgIpc) is 2.97. The standard InChI is InChI=1S/C18H17ClFNO/c19-16-5-2-4-14(11-16)15-7-8-21(12-15)18(22)10-13-3-1-6-17(20)9-13/h1-6,9,11,15H,7-8,10,12H2. The average molecular weight is 318 g/mol. The second kappa shape index (κ2) is 6.49. The van der Waals surface area contributed by atoms with E-state index in [9.17, 15) is 9.18 Å². The topological polar surface area (TPSA) is 20.3 Å². The molecule has 0 N–H and O–H groups in total. The summed E-state index contributed by atoms with van der Waals surface area (Å²) in [6.07, 6.45) is 1.19. The first-order chi connectivity index (χ1) is 10.6. The number of benzene rings is 2. The molecular formula is C18H17ClFNO. The van der Waals surface area contributed by atoms with Gasteiger partial charge in [-0.2, -0.15) is 0 Å². The number of likely N-dealkylation sites (tertiary alicyclic amines) is 1. The number of carbonyl (C=O) groups is 1. The molecule has 0 aromatic heterocycles. The molecule has 22 heavy (non-hydrogen) atoms. The Morgan fingerprint density at radius 2 is 2.05 bits per heavy atom. The normalized spacial score (nSPS) is 17.7. The molecule has 1 aliphatic heterocycles. The van der Waals surface area contributed by atoms with Gasteiger partial charge in [0.2, 0.25) is 5.91 Å². The molecule has 0 saturated carbocycles. The van der Waals surface area contributed by atoms with Gasteiger partial charge in [0, 0.05) is 24.0 Å². The molecule has 114 valence electrons. The van der Waals surface area contributed by atoms with E-state index >= 15 is 0 Å². The highest BCUT2D eigenvalue weighted by atomic mass is 35.5. The Labute approximate surface area is 134 Å². The van der Waals surface area contributed by atoms with E-state index in [1.54, 1.807) is 12.1 Å². The van der Waals surface area contributed by atoms with Crippen LogP contribution >= 0.6 is 11.6 Å². The SMILES string of the molecule is O=C(Cc1cccc(F)c1)N1CCC(c2cccc(Cl)c2)C1. The van der Waals surface area contributed by atoms with E-state index in [1.165, 1.54) is 17.7 Å². The van der Waals surface area contributed by atoms with Crippen LogP contribution in [0.2, 0.25) is 5.02 Å². The van der Waals surface area contributed by atoms with Crippen molar-refractivity contribution in [2.75, 3.05) is 13.1 Å². The first-order valence-electron chi connectivity index (χ1n) is 7.39. The Kier molecular flexibility index (Phi) is 4.44. The molecular weight excluding hydrogens is 301 g/mol. The van der Waals surface area contributed by atoms with E-state index in [0.29, 0.717) is 12.5 Å². The van der Waals surface area contributed by atoms with E-state index in [-0.39, 0.29) is 18.1 Å². The third kappa shape index (κ3) is 3.47. The van der Waals surface area contributed by atoms with Gasteiger partial charge in [-0.3, -0.25) is 4.79 Å². The third-order valence-corrected chi connectivity index (χ3v) is 4.34. The van der Waals surface area contributed by atoms with Crippen LogP contribution in [-0.2, 0) is 11.2 Å². The Bertz CT molecular complexity index is 688. The van der Waals surface area contributed by atoms with E-state index in [2.05, 4.69) is 6.07 Å². The lowest BCUT2D eigenvalue weighted by Gasteiger charge is -2.17. The molecule has 4 heteroatoms. The first-order valence-corrected chi connectivity index (χ1v) is 7.77. The molecule has 3 rings (SSSR count). The summed E-state index contributed by atoms with van der Waals surface area (Å²) in [7, 11) is 0. The predicted octanol–water partition coefficient (Wildman–Crippen LogP) is 4.04. The van der Waals surface area contributed by atoms with Crippen LogP contribution in [0.5, 0.6) is 0 Å². The fraction of sp³-hybridized carbons (Fsp3) is 0.278. The van der Waals surface area contributed by atoms with E-state index < -0.39 is 0 Å². The van der Waals surface area contributed by atoms with Crippen molar-refractivity contribution in [2.45, 2.75) is 18.8 Å². The smallest absolute Gasteiger partial charge is 0.227 e. The molecule has 2 nitrogen and oxygen atoms in total. The third-order valence-electron chi connectivity index (χ3n) is 4.11. The number of hydrogen-bond acceptors (Lipinski definition) is 1. The zero-order chi connectivity index (χ0) is 15.5. The largest absolute Gasteiger partial charge is 0.342 e. The number of carbonyl (C=O) groups excluding carboxylic acids is 1. The van der Waals surface area contributed by atoms with Gasteiger partial charge in [0.05, 0.1) is 6.42 Å². The van der Waals surface area contributed by atoms with Crippen LogP contribution in [0, 0.1) is 5.82 Å². The monoisotopic (exact) mass is 317 g/mol. The second-order valence-electron chi connectivity index (χ2n) is 5.69. The number of nitrogens with zero attached hydrogens (tertiary/aromatic N) is 1. The van der Waals surface area contributed by atoms with Crippen LogP contribution in [0.25, 0.3) is 0 Å². The summed E-state index contributed by atoms with van der Waals surface area (Å²) in [5.41, 5.74) is 1.89. The highest BCUT2D eigenvalue weighted by molar-refractivity contribution is 6.30. The van der Waals surface area contributed by atoms with Gasteiger partial charge in [0.15, 0.2) is 0 Å². The molecule has 0 aliphatic carbocycles. The van der Waals surface area contributed by atoms with Gasteiger partial charge >= 0.3 is 0 Å². The van der Waals surface area contributed by atoms with Crippen molar-refractivity contribution >= 4 is 17.5 Å². The van der Waals surface area contributed by atoms with Gasteiger partial charge in [-0.1, -0.05) is 35.9 Å². The lowest BCUT2D eigenvalue weighted by atomic mass is 9.99. The van der Waals surface area contributed by atoms with Gasteiger partial charge in [0.25, 0.3) is 0 Å². The molecule has 0 radical (unpaired) electrons. The van der Waals surface area contributed by atoms with Gasteiger partial charge in [-0.25, -0.2) is 4.39 Å². The number of hydrogen-bond donors (Lipinski definition) is 0. The van der Waals surface area contributed by atoms with Gasteiger partial charge in [-0.15, -0.1) is 0 Å². The fourth-order valence-corrected chi connectivity index (χ4v) is 3.15. The Morgan fingerprint density at radius 1 is 1.23 bits per heavy atom. The summed E-state index contributed by atoms with van der Waals surface area (Å²) in [6, 6.07) is 14.0. The summed E-state index contributed by atoms with van der Waals surface area (Å²) >= 11 is 6.03. The maximum Gasteiger partial charge on any atom is 0.227 e. The Balaban J connectivity index is 1.63. The van der Waals surface area contributed by atoms with Gasteiger partial charge in [0.1, 0.15) is 5.82 Å². The molecule has 1 atom stereocenters. The molecule has 0 spiro atoms. The molecule has 1 amide bonds. The van der Waals surface area contributed by atoms with Crippen LogP contribution in [0.4, 0.5) is 4.39 Å². The maximum atomic E-state index is 13.2. The molecule has 1 aliphatic rings. The zero-order valence-electron chi connectivity index (χ0n) is 12.1. The highest BCUT2D eigenvalue weighted by Crippen LogP contribution is 2.29. The lowest BCUT2D eigenvalue weighted by Crippen LogP contribution is -2.29. The molecule has 1 heterocycles. The fourth-order valence-electron chi connectivity index (χ4n) is 2.95. The Hall–Kier alpha value is -1.87. The minimum atomic E-state index is -0.302. The van der Waals surface area contributed by atoms with Crippen molar-refractivity contribution in [1.29, 1.82) is 0 Å². The van der Waals surface area contributed by atoms with Crippen LogP contribution in [0.1, 0.15) is 23.5 Å². The minimum Gasteiger partial charge on any atom is -0.342 e. The second-order valence-corrected chi connectivity index (χ2v) is 6.12.